The molecule has 0 N–H and O–H groups in total. The Labute approximate surface area is 118 Å². The monoisotopic (exact) mass is 264 g/mol. The molecule has 0 aliphatic heterocycles. The third-order valence-corrected chi connectivity index (χ3v) is 3.67. The number of fused-ring (bicyclic) bond motifs is 1. The van der Waals surface area contributed by atoms with Crippen molar-refractivity contribution in [3.63, 3.8) is 0 Å². The number of hydrogen-bond donors (Lipinski definition) is 0. The molecular weight excluding hydrogens is 248 g/mol. The van der Waals surface area contributed by atoms with Crippen molar-refractivity contribution < 1.29 is 9.21 Å². The number of furan rings is 1. The zero-order valence-corrected chi connectivity index (χ0v) is 11.9. The Morgan fingerprint density at radius 2 is 1.65 bits per heavy atom. The first-order valence-electron chi connectivity index (χ1n) is 6.68. The van der Waals surface area contributed by atoms with Crippen LogP contribution in [0.15, 0.2) is 46.9 Å². The van der Waals surface area contributed by atoms with Gasteiger partial charge in [0.1, 0.15) is 11.5 Å². The van der Waals surface area contributed by atoms with Crippen molar-refractivity contribution in [2.45, 2.75) is 20.8 Å². The largest absolute Gasteiger partial charge is 0.465 e. The fraction of sp³-hybridized carbons (Fsp3) is 0.167. The van der Waals surface area contributed by atoms with E-state index in [4.69, 9.17) is 4.42 Å². The minimum Gasteiger partial charge on any atom is -0.465 e. The summed E-state index contributed by atoms with van der Waals surface area (Å²) in [6, 6.07) is 14.3. The number of ketones is 1. The Morgan fingerprint density at radius 3 is 2.40 bits per heavy atom. The number of hydrogen-bond acceptors (Lipinski definition) is 2. The molecule has 0 aliphatic rings. The van der Waals surface area contributed by atoms with Gasteiger partial charge in [0.15, 0.2) is 5.78 Å². The summed E-state index contributed by atoms with van der Waals surface area (Å²) < 4.78 is 5.69. The second-order valence-electron chi connectivity index (χ2n) is 5.05. The second kappa shape index (κ2) is 4.64. The van der Waals surface area contributed by atoms with Crippen molar-refractivity contribution in [3.8, 4) is 11.1 Å². The van der Waals surface area contributed by atoms with Crippen LogP contribution < -0.4 is 0 Å². The average molecular weight is 264 g/mol. The van der Waals surface area contributed by atoms with E-state index in [-0.39, 0.29) is 5.78 Å². The lowest BCUT2D eigenvalue weighted by Gasteiger charge is -2.07. The molecule has 2 heteroatoms. The van der Waals surface area contributed by atoms with Gasteiger partial charge in [-0.1, -0.05) is 42.5 Å². The maximum absolute atomic E-state index is 11.9. The summed E-state index contributed by atoms with van der Waals surface area (Å²) in [4.78, 5) is 11.9. The predicted octanol–water partition coefficient (Wildman–Crippen LogP) is 4.92. The molecule has 100 valence electrons. The Hall–Kier alpha value is -2.35. The first-order chi connectivity index (χ1) is 9.59. The standard InChI is InChI=1S/C18H16O2/c1-11(19)17-12(2)20-13(3)18(17)16-10-6-8-14-7-4-5-9-15(14)16/h4-10H,1-3H3. The van der Waals surface area contributed by atoms with Gasteiger partial charge in [0.2, 0.25) is 0 Å². The van der Waals surface area contributed by atoms with Crippen LogP contribution in [0.5, 0.6) is 0 Å². The molecule has 0 bridgehead atoms. The van der Waals surface area contributed by atoms with Crippen molar-refractivity contribution in [1.82, 2.24) is 0 Å². The fourth-order valence-electron chi connectivity index (χ4n) is 2.88. The lowest BCUT2D eigenvalue weighted by atomic mass is 9.94. The minimum atomic E-state index is 0.0438. The Kier molecular flexibility index (Phi) is 2.94. The van der Waals surface area contributed by atoms with Crippen LogP contribution in [0, 0.1) is 13.8 Å². The van der Waals surface area contributed by atoms with Gasteiger partial charge in [-0.3, -0.25) is 4.79 Å². The predicted molar refractivity (Wildman–Crippen MR) is 81.1 cm³/mol. The molecule has 1 aromatic heterocycles. The van der Waals surface area contributed by atoms with Crippen molar-refractivity contribution in [1.29, 1.82) is 0 Å². The van der Waals surface area contributed by atoms with E-state index in [1.54, 1.807) is 6.92 Å². The Bertz CT molecular complexity index is 804. The van der Waals surface area contributed by atoms with Gasteiger partial charge in [-0.15, -0.1) is 0 Å². The van der Waals surface area contributed by atoms with Gasteiger partial charge in [0.05, 0.1) is 5.56 Å². The van der Waals surface area contributed by atoms with Crippen LogP contribution in [0.3, 0.4) is 0 Å². The maximum atomic E-state index is 11.9. The van der Waals surface area contributed by atoms with E-state index in [0.717, 1.165) is 27.7 Å². The van der Waals surface area contributed by atoms with Gasteiger partial charge in [-0.25, -0.2) is 0 Å². The molecule has 0 saturated carbocycles. The maximum Gasteiger partial charge on any atom is 0.163 e. The summed E-state index contributed by atoms with van der Waals surface area (Å²) in [6.45, 7) is 5.35. The minimum absolute atomic E-state index is 0.0438. The summed E-state index contributed by atoms with van der Waals surface area (Å²) in [6.07, 6.45) is 0. The summed E-state index contributed by atoms with van der Waals surface area (Å²) >= 11 is 0. The number of carbonyl (C=O) groups excluding carboxylic acids is 1. The smallest absolute Gasteiger partial charge is 0.163 e. The van der Waals surface area contributed by atoms with Crippen LogP contribution in [0.1, 0.15) is 28.8 Å². The van der Waals surface area contributed by atoms with Gasteiger partial charge < -0.3 is 4.42 Å². The van der Waals surface area contributed by atoms with Gasteiger partial charge in [-0.2, -0.15) is 0 Å². The van der Waals surface area contributed by atoms with E-state index >= 15 is 0 Å². The molecule has 3 rings (SSSR count). The molecule has 20 heavy (non-hydrogen) atoms. The van der Waals surface area contributed by atoms with E-state index in [1.807, 2.05) is 38.1 Å². The number of Topliss-reactive ketones (excluding diaryl/α,β-unsaturated/α-hetero) is 1. The summed E-state index contributed by atoms with van der Waals surface area (Å²) in [5.74, 6) is 1.53. The van der Waals surface area contributed by atoms with Crippen LogP contribution in [0.4, 0.5) is 0 Å². The molecule has 1 heterocycles. The van der Waals surface area contributed by atoms with Crippen LogP contribution in [0.2, 0.25) is 0 Å². The van der Waals surface area contributed by atoms with E-state index in [2.05, 4.69) is 18.2 Å². The second-order valence-corrected chi connectivity index (χ2v) is 5.05. The van der Waals surface area contributed by atoms with E-state index in [9.17, 15) is 4.79 Å². The topological polar surface area (TPSA) is 30.2 Å². The van der Waals surface area contributed by atoms with Gasteiger partial charge >= 0.3 is 0 Å². The first-order valence-corrected chi connectivity index (χ1v) is 6.68. The normalized spacial score (nSPS) is 10.9. The zero-order chi connectivity index (χ0) is 14.3. The third-order valence-electron chi connectivity index (χ3n) is 3.67. The quantitative estimate of drug-likeness (QED) is 0.615. The molecule has 2 aromatic carbocycles. The lowest BCUT2D eigenvalue weighted by Crippen LogP contribution is -1.96. The van der Waals surface area contributed by atoms with E-state index < -0.39 is 0 Å². The summed E-state index contributed by atoms with van der Waals surface area (Å²) in [7, 11) is 0. The molecule has 0 spiro atoms. The van der Waals surface area contributed by atoms with Gasteiger partial charge in [-0.05, 0) is 37.1 Å². The van der Waals surface area contributed by atoms with Crippen LogP contribution >= 0.6 is 0 Å². The third kappa shape index (κ3) is 1.85. The highest BCUT2D eigenvalue weighted by Crippen LogP contribution is 2.36. The molecule has 3 aromatic rings. The molecule has 0 amide bonds. The van der Waals surface area contributed by atoms with Crippen LogP contribution in [-0.4, -0.2) is 5.78 Å². The van der Waals surface area contributed by atoms with Crippen molar-refractivity contribution in [2.75, 3.05) is 0 Å². The zero-order valence-electron chi connectivity index (χ0n) is 11.9. The molecular formula is C18H16O2. The number of aryl methyl sites for hydroxylation is 2. The van der Waals surface area contributed by atoms with E-state index in [1.165, 1.54) is 0 Å². The van der Waals surface area contributed by atoms with Crippen LogP contribution in [0.25, 0.3) is 21.9 Å². The molecule has 0 saturated heterocycles. The van der Waals surface area contributed by atoms with E-state index in [0.29, 0.717) is 11.3 Å². The highest BCUT2D eigenvalue weighted by Gasteiger charge is 2.21. The Morgan fingerprint density at radius 1 is 0.950 bits per heavy atom. The van der Waals surface area contributed by atoms with Crippen molar-refractivity contribution in [3.05, 3.63) is 59.5 Å². The van der Waals surface area contributed by atoms with Crippen LogP contribution in [-0.2, 0) is 0 Å². The highest BCUT2D eigenvalue weighted by atomic mass is 16.3. The number of benzene rings is 2. The SMILES string of the molecule is CC(=O)c1c(C)oc(C)c1-c1cccc2ccccc12. The van der Waals surface area contributed by atoms with Gasteiger partial charge in [0.25, 0.3) is 0 Å². The molecule has 0 atom stereocenters. The molecule has 0 aliphatic carbocycles. The van der Waals surface area contributed by atoms with Crippen molar-refractivity contribution >= 4 is 16.6 Å². The van der Waals surface area contributed by atoms with Crippen molar-refractivity contribution in [2.24, 2.45) is 0 Å². The number of rotatable bonds is 2. The molecule has 0 unspecified atom stereocenters. The summed E-state index contributed by atoms with van der Waals surface area (Å²) in [5, 5.41) is 2.30. The van der Waals surface area contributed by atoms with Gasteiger partial charge in [0, 0.05) is 5.56 Å². The molecule has 2 nitrogen and oxygen atoms in total. The number of carbonyl (C=O) groups is 1. The highest BCUT2D eigenvalue weighted by molar-refractivity contribution is 6.07. The Balaban J connectivity index is 2.40. The molecule has 0 fully saturated rings. The summed E-state index contributed by atoms with van der Waals surface area (Å²) in [5.41, 5.74) is 2.67. The first kappa shape index (κ1) is 12.7. The average Bonchev–Trinajstić information content (AvgIpc) is 2.73. The fourth-order valence-corrected chi connectivity index (χ4v) is 2.88. The lowest BCUT2D eigenvalue weighted by molar-refractivity contribution is 0.101. The molecule has 0 radical (unpaired) electrons.